The SMILES string of the molecule is O=C(c1cc(Br)c(Cl)s1)c1cccc(Cl)c1Cl. The van der Waals surface area contributed by atoms with E-state index in [-0.39, 0.29) is 10.8 Å². The van der Waals surface area contributed by atoms with E-state index in [9.17, 15) is 4.79 Å². The van der Waals surface area contributed by atoms with Crippen LogP contribution in [0.15, 0.2) is 28.7 Å². The molecule has 0 N–H and O–H groups in total. The van der Waals surface area contributed by atoms with Gasteiger partial charge >= 0.3 is 0 Å². The maximum atomic E-state index is 12.2. The Labute approximate surface area is 125 Å². The third-order valence-electron chi connectivity index (χ3n) is 2.07. The summed E-state index contributed by atoms with van der Waals surface area (Å²) < 4.78 is 1.23. The Morgan fingerprint density at radius 2 is 1.94 bits per heavy atom. The molecule has 2 aromatic rings. The van der Waals surface area contributed by atoms with Crippen molar-refractivity contribution in [2.45, 2.75) is 0 Å². The van der Waals surface area contributed by atoms with Gasteiger partial charge in [-0.25, -0.2) is 0 Å². The first-order valence-electron chi connectivity index (χ1n) is 4.44. The van der Waals surface area contributed by atoms with E-state index >= 15 is 0 Å². The fourth-order valence-electron chi connectivity index (χ4n) is 1.27. The molecule has 6 heteroatoms. The normalized spacial score (nSPS) is 10.6. The molecule has 17 heavy (non-hydrogen) atoms. The molecule has 1 aromatic heterocycles. The van der Waals surface area contributed by atoms with E-state index in [2.05, 4.69) is 15.9 Å². The zero-order chi connectivity index (χ0) is 12.6. The molecule has 0 aliphatic carbocycles. The highest BCUT2D eigenvalue weighted by Gasteiger charge is 2.18. The van der Waals surface area contributed by atoms with E-state index < -0.39 is 0 Å². The number of hydrogen-bond donors (Lipinski definition) is 0. The lowest BCUT2D eigenvalue weighted by Gasteiger charge is -2.02. The van der Waals surface area contributed by atoms with Crippen molar-refractivity contribution in [3.8, 4) is 0 Å². The molecule has 0 radical (unpaired) electrons. The molecule has 2 rings (SSSR count). The van der Waals surface area contributed by atoms with E-state index in [4.69, 9.17) is 34.8 Å². The standard InChI is InChI=1S/C11H4BrCl3OS/c12-6-4-8(17-11(6)15)10(16)5-2-1-3-7(13)9(5)14/h1-4H. The lowest BCUT2D eigenvalue weighted by Crippen LogP contribution is -1.99. The molecule has 1 aromatic carbocycles. The minimum absolute atomic E-state index is 0.185. The maximum absolute atomic E-state index is 12.2. The zero-order valence-electron chi connectivity index (χ0n) is 8.14. The number of halogens is 4. The smallest absolute Gasteiger partial charge is 0.204 e. The second-order valence-corrected chi connectivity index (χ2v) is 6.46. The topological polar surface area (TPSA) is 17.1 Å². The molecule has 0 aliphatic rings. The summed E-state index contributed by atoms with van der Waals surface area (Å²) in [5.41, 5.74) is 0.379. The number of benzene rings is 1. The van der Waals surface area contributed by atoms with E-state index in [1.165, 1.54) is 11.3 Å². The average molecular weight is 370 g/mol. The first kappa shape index (κ1) is 13.4. The van der Waals surface area contributed by atoms with Crippen LogP contribution in [0.3, 0.4) is 0 Å². The van der Waals surface area contributed by atoms with Crippen molar-refractivity contribution in [1.29, 1.82) is 0 Å². The van der Waals surface area contributed by atoms with Gasteiger partial charge in [0.25, 0.3) is 0 Å². The van der Waals surface area contributed by atoms with Crippen LogP contribution in [0.4, 0.5) is 0 Å². The molecular weight excluding hydrogens is 366 g/mol. The summed E-state index contributed by atoms with van der Waals surface area (Å²) in [6, 6.07) is 6.63. The van der Waals surface area contributed by atoms with E-state index in [1.54, 1.807) is 24.3 Å². The predicted molar refractivity (Wildman–Crippen MR) is 76.9 cm³/mol. The average Bonchev–Trinajstić information content (AvgIpc) is 2.62. The van der Waals surface area contributed by atoms with Crippen LogP contribution in [0.1, 0.15) is 15.2 Å². The zero-order valence-corrected chi connectivity index (χ0v) is 12.8. The third kappa shape index (κ3) is 2.69. The Kier molecular flexibility index (Phi) is 4.16. The van der Waals surface area contributed by atoms with Crippen molar-refractivity contribution < 1.29 is 4.79 Å². The summed E-state index contributed by atoms with van der Waals surface area (Å²) in [5, 5.41) is 0.624. The first-order chi connectivity index (χ1) is 8.00. The number of ketones is 1. The molecule has 0 saturated heterocycles. The fraction of sp³-hybridized carbons (Fsp3) is 0. The minimum atomic E-state index is -0.185. The number of carbonyl (C=O) groups excluding carboxylic acids is 1. The van der Waals surface area contributed by atoms with Crippen LogP contribution in [0.5, 0.6) is 0 Å². The Hall–Kier alpha value is -0.0600. The van der Waals surface area contributed by atoms with Crippen molar-refractivity contribution >= 4 is 67.9 Å². The summed E-state index contributed by atoms with van der Waals surface area (Å²) in [5.74, 6) is -0.185. The van der Waals surface area contributed by atoms with Gasteiger partial charge in [0, 0.05) is 10.0 Å². The van der Waals surface area contributed by atoms with E-state index in [0.717, 1.165) is 0 Å². The lowest BCUT2D eigenvalue weighted by molar-refractivity contribution is 0.104. The highest BCUT2D eigenvalue weighted by molar-refractivity contribution is 9.10. The van der Waals surface area contributed by atoms with Gasteiger partial charge in [0.2, 0.25) is 5.78 Å². The number of thiophene rings is 1. The molecule has 0 aliphatic heterocycles. The first-order valence-corrected chi connectivity index (χ1v) is 7.18. The molecule has 0 unspecified atom stereocenters. The van der Waals surface area contributed by atoms with Gasteiger partial charge in [-0.05, 0) is 34.1 Å². The molecular formula is C11H4BrCl3OS. The molecule has 0 saturated carbocycles. The van der Waals surface area contributed by atoms with Gasteiger partial charge in [0.15, 0.2) is 0 Å². The largest absolute Gasteiger partial charge is 0.288 e. The van der Waals surface area contributed by atoms with Crippen LogP contribution in [0, 0.1) is 0 Å². The van der Waals surface area contributed by atoms with Gasteiger partial charge in [-0.1, -0.05) is 40.9 Å². The van der Waals surface area contributed by atoms with Crippen molar-refractivity contribution in [1.82, 2.24) is 0 Å². The number of carbonyl (C=O) groups is 1. The van der Waals surface area contributed by atoms with Crippen molar-refractivity contribution in [3.63, 3.8) is 0 Å². The Morgan fingerprint density at radius 3 is 2.53 bits per heavy atom. The molecule has 0 spiro atoms. The Bertz CT molecular complexity index is 575. The van der Waals surface area contributed by atoms with Crippen LogP contribution < -0.4 is 0 Å². The summed E-state index contributed by atoms with van der Waals surface area (Å²) in [7, 11) is 0. The third-order valence-corrected chi connectivity index (χ3v) is 5.36. The van der Waals surface area contributed by atoms with E-state index in [1.807, 2.05) is 0 Å². The van der Waals surface area contributed by atoms with Crippen molar-refractivity contribution in [3.05, 3.63) is 53.6 Å². The van der Waals surface area contributed by atoms with Gasteiger partial charge < -0.3 is 0 Å². The molecule has 1 nitrogen and oxygen atoms in total. The highest BCUT2D eigenvalue weighted by atomic mass is 79.9. The fourth-order valence-corrected chi connectivity index (χ4v) is 3.31. The molecule has 0 fully saturated rings. The monoisotopic (exact) mass is 368 g/mol. The van der Waals surface area contributed by atoms with Gasteiger partial charge in [0.1, 0.15) is 4.34 Å². The number of hydrogen-bond acceptors (Lipinski definition) is 2. The maximum Gasteiger partial charge on any atom is 0.204 e. The molecule has 0 bridgehead atoms. The molecule has 88 valence electrons. The second kappa shape index (κ2) is 5.29. The van der Waals surface area contributed by atoms with E-state index in [0.29, 0.717) is 24.3 Å². The second-order valence-electron chi connectivity index (χ2n) is 3.16. The van der Waals surface area contributed by atoms with Crippen molar-refractivity contribution in [2.75, 3.05) is 0 Å². The summed E-state index contributed by atoms with van der Waals surface area (Å²) >= 11 is 22.2. The molecule has 1 heterocycles. The summed E-state index contributed by atoms with van der Waals surface area (Å²) in [6.07, 6.45) is 0. The van der Waals surface area contributed by atoms with Crippen LogP contribution in [0.2, 0.25) is 14.4 Å². The van der Waals surface area contributed by atoms with Gasteiger partial charge in [-0.2, -0.15) is 0 Å². The lowest BCUT2D eigenvalue weighted by atomic mass is 10.1. The molecule has 0 amide bonds. The van der Waals surface area contributed by atoms with Crippen molar-refractivity contribution in [2.24, 2.45) is 0 Å². The molecule has 0 atom stereocenters. The van der Waals surface area contributed by atoms with Crippen LogP contribution in [-0.4, -0.2) is 5.78 Å². The Morgan fingerprint density at radius 1 is 1.24 bits per heavy atom. The summed E-state index contributed by atoms with van der Waals surface area (Å²) in [4.78, 5) is 12.7. The van der Waals surface area contributed by atoms with Gasteiger partial charge in [-0.3, -0.25) is 4.79 Å². The van der Waals surface area contributed by atoms with Crippen LogP contribution in [0.25, 0.3) is 0 Å². The number of rotatable bonds is 2. The quantitative estimate of drug-likeness (QED) is 0.620. The summed E-state index contributed by atoms with van der Waals surface area (Å²) in [6.45, 7) is 0. The van der Waals surface area contributed by atoms with Crippen LogP contribution >= 0.6 is 62.1 Å². The highest BCUT2D eigenvalue weighted by Crippen LogP contribution is 2.35. The van der Waals surface area contributed by atoms with Gasteiger partial charge in [0.05, 0.1) is 14.9 Å². The van der Waals surface area contributed by atoms with Gasteiger partial charge in [-0.15, -0.1) is 11.3 Å². The minimum Gasteiger partial charge on any atom is -0.288 e. The Balaban J connectivity index is 2.47. The van der Waals surface area contributed by atoms with Crippen LogP contribution in [-0.2, 0) is 0 Å². The predicted octanol–water partition coefficient (Wildman–Crippen LogP) is 5.70.